The summed E-state index contributed by atoms with van der Waals surface area (Å²) in [7, 11) is 1.68. The number of aryl methyl sites for hydroxylation is 1. The molecule has 134 valence electrons. The van der Waals surface area contributed by atoms with Gasteiger partial charge in [-0.15, -0.1) is 24.0 Å². The van der Waals surface area contributed by atoms with E-state index < -0.39 is 0 Å². The molecule has 0 aromatic heterocycles. The SMILES string of the molecule is CN=C(NCC(=O)Nc1cc(Br)ccc1C)NCc1ccccc1.I. The van der Waals surface area contributed by atoms with Gasteiger partial charge in [0.2, 0.25) is 5.91 Å². The van der Waals surface area contributed by atoms with E-state index in [2.05, 4.69) is 36.9 Å². The van der Waals surface area contributed by atoms with Gasteiger partial charge in [0.1, 0.15) is 0 Å². The van der Waals surface area contributed by atoms with Gasteiger partial charge in [-0.05, 0) is 30.2 Å². The number of hydrogen-bond acceptors (Lipinski definition) is 2. The molecule has 7 heteroatoms. The third-order valence-corrected chi connectivity index (χ3v) is 3.91. The molecule has 0 aliphatic rings. The van der Waals surface area contributed by atoms with Crippen molar-refractivity contribution in [1.82, 2.24) is 10.6 Å². The van der Waals surface area contributed by atoms with Crippen LogP contribution in [0.4, 0.5) is 5.69 Å². The molecule has 0 aliphatic carbocycles. The van der Waals surface area contributed by atoms with Crippen molar-refractivity contribution in [3.63, 3.8) is 0 Å². The van der Waals surface area contributed by atoms with Crippen LogP contribution in [0.5, 0.6) is 0 Å². The average molecular weight is 517 g/mol. The maximum absolute atomic E-state index is 12.1. The number of anilines is 1. The largest absolute Gasteiger partial charge is 0.352 e. The highest BCUT2D eigenvalue weighted by Gasteiger charge is 2.06. The van der Waals surface area contributed by atoms with Crippen molar-refractivity contribution in [3.05, 3.63) is 64.1 Å². The number of rotatable bonds is 5. The number of hydrogen-bond donors (Lipinski definition) is 3. The van der Waals surface area contributed by atoms with Crippen LogP contribution in [0.15, 0.2) is 58.0 Å². The van der Waals surface area contributed by atoms with E-state index in [9.17, 15) is 4.79 Å². The lowest BCUT2D eigenvalue weighted by Crippen LogP contribution is -2.41. The molecular formula is C18H22BrIN4O. The van der Waals surface area contributed by atoms with Gasteiger partial charge in [0, 0.05) is 23.8 Å². The molecular weight excluding hydrogens is 495 g/mol. The van der Waals surface area contributed by atoms with Crippen molar-refractivity contribution in [2.75, 3.05) is 18.9 Å². The Morgan fingerprint density at radius 2 is 1.84 bits per heavy atom. The van der Waals surface area contributed by atoms with Crippen LogP contribution < -0.4 is 16.0 Å². The lowest BCUT2D eigenvalue weighted by atomic mass is 10.2. The van der Waals surface area contributed by atoms with Crippen molar-refractivity contribution in [2.24, 2.45) is 4.99 Å². The minimum absolute atomic E-state index is 0. The first-order chi connectivity index (χ1) is 11.6. The molecule has 0 heterocycles. The molecule has 25 heavy (non-hydrogen) atoms. The van der Waals surface area contributed by atoms with Crippen molar-refractivity contribution >= 4 is 57.5 Å². The van der Waals surface area contributed by atoms with Crippen LogP contribution in [-0.2, 0) is 11.3 Å². The molecule has 0 aliphatic heterocycles. The number of benzene rings is 2. The smallest absolute Gasteiger partial charge is 0.243 e. The predicted octanol–water partition coefficient (Wildman–Crippen LogP) is 3.68. The van der Waals surface area contributed by atoms with Gasteiger partial charge in [-0.25, -0.2) is 0 Å². The van der Waals surface area contributed by atoms with Gasteiger partial charge in [0.25, 0.3) is 0 Å². The first-order valence-corrected chi connectivity index (χ1v) is 8.42. The number of aliphatic imine (C=N–C) groups is 1. The second-order valence-electron chi connectivity index (χ2n) is 5.27. The first-order valence-electron chi connectivity index (χ1n) is 7.63. The van der Waals surface area contributed by atoms with E-state index in [0.717, 1.165) is 21.3 Å². The van der Waals surface area contributed by atoms with Crippen molar-refractivity contribution in [3.8, 4) is 0 Å². The quantitative estimate of drug-likeness (QED) is 0.322. The minimum atomic E-state index is -0.126. The summed E-state index contributed by atoms with van der Waals surface area (Å²) < 4.78 is 0.927. The summed E-state index contributed by atoms with van der Waals surface area (Å²) in [6, 6.07) is 15.8. The van der Waals surface area contributed by atoms with Gasteiger partial charge in [0.05, 0.1) is 6.54 Å². The van der Waals surface area contributed by atoms with Crippen LogP contribution >= 0.6 is 39.9 Å². The van der Waals surface area contributed by atoms with E-state index in [4.69, 9.17) is 0 Å². The number of nitrogens with one attached hydrogen (secondary N) is 3. The third kappa shape index (κ3) is 7.43. The number of halogens is 2. The van der Waals surface area contributed by atoms with Crippen LogP contribution in [0.2, 0.25) is 0 Å². The predicted molar refractivity (Wildman–Crippen MR) is 118 cm³/mol. The Balaban J connectivity index is 0.00000312. The van der Waals surface area contributed by atoms with Crippen molar-refractivity contribution in [1.29, 1.82) is 0 Å². The fourth-order valence-corrected chi connectivity index (χ4v) is 2.45. The Bertz CT molecular complexity index is 722. The van der Waals surface area contributed by atoms with Crippen molar-refractivity contribution < 1.29 is 4.79 Å². The molecule has 2 rings (SSSR count). The molecule has 0 atom stereocenters. The highest BCUT2D eigenvalue weighted by atomic mass is 127. The molecule has 0 fully saturated rings. The molecule has 0 spiro atoms. The number of guanidine groups is 1. The Morgan fingerprint density at radius 3 is 2.52 bits per heavy atom. The van der Waals surface area contributed by atoms with Gasteiger partial charge in [-0.2, -0.15) is 0 Å². The first kappa shape index (κ1) is 21.4. The molecule has 2 aromatic carbocycles. The number of amides is 1. The van der Waals surface area contributed by atoms with Gasteiger partial charge >= 0.3 is 0 Å². The number of carbonyl (C=O) groups excluding carboxylic acids is 1. The average Bonchev–Trinajstić information content (AvgIpc) is 2.59. The van der Waals surface area contributed by atoms with Gasteiger partial charge in [0.15, 0.2) is 5.96 Å². The number of nitrogens with zero attached hydrogens (tertiary/aromatic N) is 1. The van der Waals surface area contributed by atoms with Crippen LogP contribution in [0.1, 0.15) is 11.1 Å². The zero-order valence-corrected chi connectivity index (χ0v) is 18.1. The summed E-state index contributed by atoms with van der Waals surface area (Å²) >= 11 is 3.41. The summed E-state index contributed by atoms with van der Waals surface area (Å²) in [5.74, 6) is 0.457. The maximum atomic E-state index is 12.1. The topological polar surface area (TPSA) is 65.5 Å². The Hall–Kier alpha value is -1.61. The highest BCUT2D eigenvalue weighted by molar-refractivity contribution is 14.0. The van der Waals surface area contributed by atoms with Crippen LogP contribution in [0, 0.1) is 6.92 Å². The fourth-order valence-electron chi connectivity index (χ4n) is 2.09. The van der Waals surface area contributed by atoms with Crippen molar-refractivity contribution in [2.45, 2.75) is 13.5 Å². The van der Waals surface area contributed by atoms with E-state index in [0.29, 0.717) is 12.5 Å². The van der Waals surface area contributed by atoms with Crippen LogP contribution in [0.3, 0.4) is 0 Å². The minimum Gasteiger partial charge on any atom is -0.352 e. The zero-order chi connectivity index (χ0) is 17.4. The summed E-state index contributed by atoms with van der Waals surface area (Å²) in [5.41, 5.74) is 2.95. The zero-order valence-electron chi connectivity index (χ0n) is 14.2. The second kappa shape index (κ2) is 11.1. The molecule has 0 bridgehead atoms. The molecule has 3 N–H and O–H groups in total. The molecule has 0 radical (unpaired) electrons. The Morgan fingerprint density at radius 1 is 1.12 bits per heavy atom. The van der Waals surface area contributed by atoms with E-state index in [-0.39, 0.29) is 36.4 Å². The lowest BCUT2D eigenvalue weighted by Gasteiger charge is -2.13. The molecule has 0 saturated carbocycles. The molecule has 0 saturated heterocycles. The normalized spacial score (nSPS) is 10.6. The fraction of sp³-hybridized carbons (Fsp3) is 0.222. The van der Waals surface area contributed by atoms with E-state index >= 15 is 0 Å². The third-order valence-electron chi connectivity index (χ3n) is 3.42. The van der Waals surface area contributed by atoms with E-state index in [1.807, 2.05) is 55.5 Å². The summed E-state index contributed by atoms with van der Waals surface area (Å²) in [4.78, 5) is 16.2. The molecule has 1 amide bonds. The standard InChI is InChI=1S/C18H21BrN4O.HI/c1-13-8-9-15(19)10-16(13)23-17(24)12-22-18(20-2)21-11-14-6-4-3-5-7-14;/h3-10H,11-12H2,1-2H3,(H,23,24)(H2,20,21,22);1H. The van der Waals surface area contributed by atoms with Gasteiger partial charge in [-0.3, -0.25) is 9.79 Å². The van der Waals surface area contributed by atoms with Crippen LogP contribution in [-0.4, -0.2) is 25.5 Å². The lowest BCUT2D eigenvalue weighted by molar-refractivity contribution is -0.115. The summed E-state index contributed by atoms with van der Waals surface area (Å²) in [6.07, 6.45) is 0. The Labute approximate surface area is 173 Å². The van der Waals surface area contributed by atoms with E-state index in [1.54, 1.807) is 7.05 Å². The Kier molecular flexibility index (Phi) is 9.51. The monoisotopic (exact) mass is 516 g/mol. The van der Waals surface area contributed by atoms with E-state index in [1.165, 1.54) is 0 Å². The molecule has 5 nitrogen and oxygen atoms in total. The highest BCUT2D eigenvalue weighted by Crippen LogP contribution is 2.20. The molecule has 0 unspecified atom stereocenters. The number of carbonyl (C=O) groups is 1. The van der Waals surface area contributed by atoms with Gasteiger partial charge in [-0.1, -0.05) is 52.3 Å². The van der Waals surface area contributed by atoms with Gasteiger partial charge < -0.3 is 16.0 Å². The maximum Gasteiger partial charge on any atom is 0.243 e. The summed E-state index contributed by atoms with van der Waals surface area (Å²) in [6.45, 7) is 2.74. The molecule has 2 aromatic rings. The summed E-state index contributed by atoms with van der Waals surface area (Å²) in [5, 5.41) is 9.08. The second-order valence-corrected chi connectivity index (χ2v) is 6.19. The van der Waals surface area contributed by atoms with Crippen LogP contribution in [0.25, 0.3) is 0 Å².